The number of benzene rings is 3. The van der Waals surface area contributed by atoms with Crippen LogP contribution in [0.5, 0.6) is 11.5 Å². The molecule has 0 amide bonds. The Morgan fingerprint density at radius 2 is 1.24 bits per heavy atom. The zero-order valence-electron chi connectivity index (χ0n) is 27.1. The fourth-order valence-electron chi connectivity index (χ4n) is 5.91. The van der Waals surface area contributed by atoms with E-state index < -0.39 is 0 Å². The normalized spacial score (nSPS) is 13.5. The zero-order valence-corrected chi connectivity index (χ0v) is 27.1. The second kappa shape index (κ2) is 19.3. The van der Waals surface area contributed by atoms with Gasteiger partial charge in [-0.05, 0) is 91.3 Å². The first kappa shape index (κ1) is 34.6. The molecule has 0 heterocycles. The van der Waals surface area contributed by atoms with Gasteiger partial charge in [0.1, 0.15) is 11.5 Å². The van der Waals surface area contributed by atoms with Gasteiger partial charge in [-0.3, -0.25) is 0 Å². The lowest BCUT2D eigenvalue weighted by Gasteiger charge is -2.21. The van der Waals surface area contributed by atoms with Gasteiger partial charge in [-0.2, -0.15) is 0 Å². The van der Waals surface area contributed by atoms with Gasteiger partial charge in [0, 0.05) is 17.5 Å². The molecule has 7 heteroatoms. The Kier molecular flexibility index (Phi) is 14.5. The molecule has 0 aromatic heterocycles. The number of esters is 2. The fourth-order valence-corrected chi connectivity index (χ4v) is 5.91. The van der Waals surface area contributed by atoms with Crippen molar-refractivity contribution in [2.75, 3.05) is 24.7 Å². The Hall–Kier alpha value is -4.26. The second-order valence-electron chi connectivity index (χ2n) is 12.3. The number of unbranched alkanes of at least 4 members (excludes halogenated alkanes) is 8. The number of hydrogen-bond donors (Lipinski definition) is 2. The maximum atomic E-state index is 12.3. The van der Waals surface area contributed by atoms with Crippen molar-refractivity contribution in [3.63, 3.8) is 0 Å². The predicted molar refractivity (Wildman–Crippen MR) is 186 cm³/mol. The Labute approximate surface area is 274 Å². The van der Waals surface area contributed by atoms with E-state index in [1.54, 1.807) is 24.3 Å². The molecule has 0 atom stereocenters. The number of nitrogens with two attached hydrogens (primary N) is 2. The molecule has 0 aliphatic heterocycles. The molecule has 0 spiro atoms. The van der Waals surface area contributed by atoms with E-state index in [-0.39, 0.29) is 11.9 Å². The Balaban J connectivity index is 0.979. The van der Waals surface area contributed by atoms with E-state index in [0.717, 1.165) is 43.4 Å². The zero-order chi connectivity index (χ0) is 32.4. The highest BCUT2D eigenvalue weighted by atomic mass is 16.5. The maximum absolute atomic E-state index is 12.3. The summed E-state index contributed by atoms with van der Waals surface area (Å²) < 4.78 is 16.7. The Morgan fingerprint density at radius 3 is 1.87 bits per heavy atom. The first-order valence-corrected chi connectivity index (χ1v) is 17.0. The summed E-state index contributed by atoms with van der Waals surface area (Å²) in [6.07, 6.45) is 19.8. The van der Waals surface area contributed by atoms with Gasteiger partial charge in [0.25, 0.3) is 0 Å². The molecule has 7 nitrogen and oxygen atoms in total. The number of hydrogen-bond acceptors (Lipinski definition) is 7. The van der Waals surface area contributed by atoms with Gasteiger partial charge in [-0.15, -0.1) is 0 Å². The van der Waals surface area contributed by atoms with Crippen LogP contribution in [0.4, 0.5) is 11.4 Å². The molecule has 1 fully saturated rings. The number of nitrogen functional groups attached to an aromatic ring is 2. The van der Waals surface area contributed by atoms with Crippen LogP contribution in [0.25, 0.3) is 6.08 Å². The van der Waals surface area contributed by atoms with E-state index in [9.17, 15) is 9.59 Å². The Morgan fingerprint density at radius 1 is 0.674 bits per heavy atom. The maximum Gasteiger partial charge on any atom is 0.338 e. The van der Waals surface area contributed by atoms with E-state index in [4.69, 9.17) is 25.7 Å². The highest BCUT2D eigenvalue weighted by Gasteiger charge is 2.15. The number of carbonyl (C=O) groups excluding carboxylic acids is 2. The molecule has 46 heavy (non-hydrogen) atoms. The van der Waals surface area contributed by atoms with E-state index in [1.807, 2.05) is 36.4 Å². The van der Waals surface area contributed by atoms with Crippen LogP contribution in [0.15, 0.2) is 72.8 Å². The molecule has 0 bridgehead atoms. The van der Waals surface area contributed by atoms with Crippen molar-refractivity contribution >= 4 is 29.4 Å². The summed E-state index contributed by atoms with van der Waals surface area (Å²) in [4.78, 5) is 24.4. The van der Waals surface area contributed by atoms with E-state index in [1.165, 1.54) is 69.4 Å². The van der Waals surface area contributed by atoms with Crippen molar-refractivity contribution in [3.8, 4) is 11.5 Å². The Bertz CT molecular complexity index is 1360. The van der Waals surface area contributed by atoms with Crippen LogP contribution in [-0.4, -0.2) is 25.2 Å². The van der Waals surface area contributed by atoms with E-state index in [2.05, 4.69) is 12.1 Å². The van der Waals surface area contributed by atoms with Gasteiger partial charge in [-0.25, -0.2) is 9.59 Å². The molecule has 4 rings (SSSR count). The topological polar surface area (TPSA) is 114 Å². The largest absolute Gasteiger partial charge is 0.494 e. The first-order valence-electron chi connectivity index (χ1n) is 17.0. The van der Waals surface area contributed by atoms with Crippen molar-refractivity contribution in [1.29, 1.82) is 0 Å². The van der Waals surface area contributed by atoms with Gasteiger partial charge >= 0.3 is 11.9 Å². The molecule has 3 aromatic rings. The molecular weight excluding hydrogens is 576 g/mol. The quantitative estimate of drug-likeness (QED) is 0.0475. The van der Waals surface area contributed by atoms with E-state index in [0.29, 0.717) is 41.8 Å². The van der Waals surface area contributed by atoms with Gasteiger partial charge in [0.2, 0.25) is 0 Å². The third kappa shape index (κ3) is 12.6. The molecule has 4 N–H and O–H groups in total. The summed E-state index contributed by atoms with van der Waals surface area (Å²) in [5, 5.41) is 0. The van der Waals surface area contributed by atoms with Crippen molar-refractivity contribution < 1.29 is 23.8 Å². The summed E-state index contributed by atoms with van der Waals surface area (Å²) >= 11 is 0. The van der Waals surface area contributed by atoms with Crippen molar-refractivity contribution in [1.82, 2.24) is 0 Å². The standard InChI is InChI=1S/C39H50N2O5/c40-34-27-33(28-35(41)29-34)39(43)45-26-12-7-5-3-1-2-4-6-11-25-44-36-20-15-30(16-21-36)17-24-38(42)46-37-22-18-32(19-23-37)31-13-9-8-10-14-31/h15-24,27-29,31H,1-14,25-26,40-41H2/b24-17+. The van der Waals surface area contributed by atoms with Crippen molar-refractivity contribution in [2.45, 2.75) is 95.8 Å². The van der Waals surface area contributed by atoms with E-state index >= 15 is 0 Å². The van der Waals surface area contributed by atoms with Crippen LogP contribution >= 0.6 is 0 Å². The lowest BCUT2D eigenvalue weighted by molar-refractivity contribution is -0.128. The van der Waals surface area contributed by atoms with Crippen LogP contribution < -0.4 is 20.9 Å². The molecular formula is C39H50N2O5. The average molecular weight is 627 g/mol. The molecule has 1 aliphatic carbocycles. The summed E-state index contributed by atoms with van der Waals surface area (Å²) in [6.45, 7) is 1.11. The molecule has 0 unspecified atom stereocenters. The fraction of sp³-hybridized carbons (Fsp3) is 0.436. The summed E-state index contributed by atoms with van der Waals surface area (Å²) in [5.41, 5.74) is 15.0. The molecule has 0 radical (unpaired) electrons. The summed E-state index contributed by atoms with van der Waals surface area (Å²) in [6, 6.07) is 20.5. The molecule has 246 valence electrons. The summed E-state index contributed by atoms with van der Waals surface area (Å²) in [7, 11) is 0. The minimum Gasteiger partial charge on any atom is -0.494 e. The SMILES string of the molecule is Nc1cc(N)cc(C(=O)OCCCCCCCCCCCOc2ccc(/C=C/C(=O)Oc3ccc(C4CCCCC4)cc3)cc2)c1. The van der Waals surface area contributed by atoms with Gasteiger partial charge < -0.3 is 25.7 Å². The summed E-state index contributed by atoms with van der Waals surface area (Å²) in [5.74, 6) is 1.29. The number of ether oxygens (including phenoxy) is 3. The predicted octanol–water partition coefficient (Wildman–Crippen LogP) is 9.26. The third-order valence-corrected chi connectivity index (χ3v) is 8.47. The molecule has 1 saturated carbocycles. The van der Waals surface area contributed by atoms with Crippen molar-refractivity contribution in [2.24, 2.45) is 0 Å². The highest BCUT2D eigenvalue weighted by molar-refractivity contribution is 5.91. The monoisotopic (exact) mass is 626 g/mol. The minimum absolute atomic E-state index is 0.377. The molecule has 3 aromatic carbocycles. The van der Waals surface area contributed by atoms with Crippen molar-refractivity contribution in [3.05, 3.63) is 89.5 Å². The highest BCUT2D eigenvalue weighted by Crippen LogP contribution is 2.33. The molecule has 1 aliphatic rings. The second-order valence-corrected chi connectivity index (χ2v) is 12.3. The van der Waals surface area contributed by atoms with Crippen LogP contribution in [-0.2, 0) is 9.53 Å². The lowest BCUT2D eigenvalue weighted by Crippen LogP contribution is -2.07. The van der Waals surface area contributed by atoms with Crippen LogP contribution in [0, 0.1) is 0 Å². The van der Waals surface area contributed by atoms with Crippen LogP contribution in [0.3, 0.4) is 0 Å². The third-order valence-electron chi connectivity index (χ3n) is 8.47. The van der Waals surface area contributed by atoms with Gasteiger partial charge in [0.05, 0.1) is 18.8 Å². The van der Waals surface area contributed by atoms with Gasteiger partial charge in [0.15, 0.2) is 0 Å². The van der Waals surface area contributed by atoms with Gasteiger partial charge in [-0.1, -0.05) is 88.5 Å². The average Bonchev–Trinajstić information content (AvgIpc) is 3.06. The first-order chi connectivity index (χ1) is 22.5. The van der Waals surface area contributed by atoms with Crippen LogP contribution in [0.2, 0.25) is 0 Å². The number of rotatable bonds is 18. The minimum atomic E-state index is -0.384. The lowest BCUT2D eigenvalue weighted by atomic mass is 9.84. The van der Waals surface area contributed by atoms with Crippen LogP contribution in [0.1, 0.15) is 117 Å². The number of carbonyl (C=O) groups is 2. The number of anilines is 2. The smallest absolute Gasteiger partial charge is 0.338 e. The molecule has 0 saturated heterocycles.